The van der Waals surface area contributed by atoms with Crippen LogP contribution in [0.25, 0.3) is 11.2 Å². The van der Waals surface area contributed by atoms with Gasteiger partial charge in [-0.1, -0.05) is 36.4 Å². The van der Waals surface area contributed by atoms with Gasteiger partial charge in [-0.25, -0.2) is 28.9 Å². The number of carbonyl (C=O) groups excluding carboxylic acids is 2. The van der Waals surface area contributed by atoms with Crippen molar-refractivity contribution in [1.29, 1.82) is 0 Å². The zero-order chi connectivity index (χ0) is 24.4. The van der Waals surface area contributed by atoms with Crippen LogP contribution >= 0.6 is 0 Å². The number of aromatic nitrogens is 4. The van der Waals surface area contributed by atoms with Crippen LogP contribution in [-0.2, 0) is 14.2 Å². The molecule has 2 N–H and O–H groups in total. The summed E-state index contributed by atoms with van der Waals surface area (Å²) in [4.78, 5) is 37.3. The monoisotopic (exact) mass is 477 g/mol. The molecule has 1 aliphatic rings. The molecule has 35 heavy (non-hydrogen) atoms. The van der Waals surface area contributed by atoms with E-state index in [-0.39, 0.29) is 17.0 Å². The fourth-order valence-electron chi connectivity index (χ4n) is 3.82. The van der Waals surface area contributed by atoms with E-state index in [1.54, 1.807) is 60.7 Å². The van der Waals surface area contributed by atoms with Crippen molar-refractivity contribution in [1.82, 2.24) is 19.5 Å². The normalized spacial score (nSPS) is 21.6. The van der Waals surface area contributed by atoms with Gasteiger partial charge >= 0.3 is 11.9 Å². The molecule has 4 aromatic rings. The van der Waals surface area contributed by atoms with Gasteiger partial charge in [0, 0.05) is 0 Å². The largest absolute Gasteiger partial charge is 0.459 e. The highest BCUT2D eigenvalue weighted by Gasteiger charge is 2.50. The minimum Gasteiger partial charge on any atom is -0.459 e. The van der Waals surface area contributed by atoms with Gasteiger partial charge in [0.05, 0.1) is 17.5 Å². The van der Waals surface area contributed by atoms with Crippen LogP contribution in [0, 0.1) is 0 Å². The van der Waals surface area contributed by atoms with Gasteiger partial charge in [-0.2, -0.15) is 0 Å². The zero-order valence-corrected chi connectivity index (χ0v) is 18.2. The number of nitrogens with two attached hydrogens (primary N) is 1. The van der Waals surface area contributed by atoms with Crippen molar-refractivity contribution in [3.63, 3.8) is 0 Å². The number of anilines is 1. The summed E-state index contributed by atoms with van der Waals surface area (Å²) in [5.41, 5.74) is 7.00. The van der Waals surface area contributed by atoms with Gasteiger partial charge in [0.15, 0.2) is 30.0 Å². The summed E-state index contributed by atoms with van der Waals surface area (Å²) < 4.78 is 33.8. The molecule has 5 rings (SSSR count). The van der Waals surface area contributed by atoms with Gasteiger partial charge in [-0.05, 0) is 24.3 Å². The van der Waals surface area contributed by atoms with E-state index in [4.69, 9.17) is 19.9 Å². The van der Waals surface area contributed by atoms with Crippen LogP contribution in [0.5, 0.6) is 0 Å². The molecule has 178 valence electrons. The average Bonchev–Trinajstić information content (AvgIpc) is 3.45. The molecule has 0 unspecified atom stereocenters. The molecule has 0 amide bonds. The minimum atomic E-state index is -1.81. The van der Waals surface area contributed by atoms with Gasteiger partial charge in [-0.3, -0.25) is 4.57 Å². The average molecular weight is 477 g/mol. The van der Waals surface area contributed by atoms with Crippen LogP contribution in [0.4, 0.5) is 10.2 Å². The summed E-state index contributed by atoms with van der Waals surface area (Å²) in [5, 5.41) is 0. The Hall–Kier alpha value is -4.38. The summed E-state index contributed by atoms with van der Waals surface area (Å²) in [7, 11) is 0. The van der Waals surface area contributed by atoms with E-state index in [1.165, 1.54) is 17.2 Å². The molecule has 4 atom stereocenters. The van der Waals surface area contributed by atoms with Crippen LogP contribution in [0.1, 0.15) is 26.9 Å². The lowest BCUT2D eigenvalue weighted by Crippen LogP contribution is -2.34. The van der Waals surface area contributed by atoms with Gasteiger partial charge in [0.25, 0.3) is 0 Å². The summed E-state index contributed by atoms with van der Waals surface area (Å²) in [6, 6.07) is 16.5. The number of benzene rings is 2. The molecular weight excluding hydrogens is 457 g/mol. The Morgan fingerprint density at radius 1 is 0.971 bits per heavy atom. The Morgan fingerprint density at radius 3 is 2.31 bits per heavy atom. The summed E-state index contributed by atoms with van der Waals surface area (Å²) >= 11 is 0. The van der Waals surface area contributed by atoms with Crippen LogP contribution in [0.2, 0.25) is 0 Å². The number of ether oxygens (including phenoxy) is 3. The molecule has 0 bridgehead atoms. The third-order valence-corrected chi connectivity index (χ3v) is 5.57. The smallest absolute Gasteiger partial charge is 0.338 e. The SMILES string of the molecule is Nc1ncnc2c1ncn2[C@@H]1O[C@H](COC(=O)c2ccccc2)[C@@H](F)[C@H]1OC(=O)c1ccccc1. The lowest BCUT2D eigenvalue weighted by Gasteiger charge is -2.21. The molecule has 11 heteroatoms. The summed E-state index contributed by atoms with van der Waals surface area (Å²) in [6.45, 7) is -0.394. The van der Waals surface area contributed by atoms with E-state index in [9.17, 15) is 9.59 Å². The molecular formula is C24H20FN5O5. The third-order valence-electron chi connectivity index (χ3n) is 5.57. The van der Waals surface area contributed by atoms with Crippen LogP contribution in [0.3, 0.4) is 0 Å². The molecule has 1 fully saturated rings. The fraction of sp³-hybridized carbons (Fsp3) is 0.208. The van der Waals surface area contributed by atoms with E-state index >= 15 is 4.39 Å². The predicted octanol–water partition coefficient (Wildman–Crippen LogP) is 2.73. The second-order valence-corrected chi connectivity index (χ2v) is 7.79. The van der Waals surface area contributed by atoms with Gasteiger partial charge in [0.2, 0.25) is 0 Å². The maximum absolute atomic E-state index is 15.6. The highest BCUT2D eigenvalue weighted by atomic mass is 19.1. The highest BCUT2D eigenvalue weighted by molar-refractivity contribution is 5.90. The minimum absolute atomic E-state index is 0.134. The molecule has 0 aliphatic carbocycles. The van der Waals surface area contributed by atoms with Crippen LogP contribution < -0.4 is 5.73 Å². The van der Waals surface area contributed by atoms with E-state index in [2.05, 4.69) is 15.0 Å². The molecule has 3 heterocycles. The number of hydrogen-bond donors (Lipinski definition) is 1. The zero-order valence-electron chi connectivity index (χ0n) is 18.2. The standard InChI is InChI=1S/C24H20FN5O5/c25-17-16(11-33-23(31)14-7-3-1-4-8-14)34-22(19(17)35-24(32)15-9-5-2-6-10-15)30-13-29-18-20(26)27-12-28-21(18)30/h1-10,12-13,16-17,19,22H,11H2,(H2,26,27,28)/t16-,17-,19-,22-/m1/s1. The molecule has 0 spiro atoms. The number of imidazole rings is 1. The van der Waals surface area contributed by atoms with E-state index in [1.807, 2.05) is 0 Å². The lowest BCUT2D eigenvalue weighted by atomic mass is 10.1. The Kier molecular flexibility index (Phi) is 6.06. The van der Waals surface area contributed by atoms with E-state index < -0.39 is 43.2 Å². The van der Waals surface area contributed by atoms with Crippen molar-refractivity contribution < 1.29 is 28.2 Å². The van der Waals surface area contributed by atoms with Crippen molar-refractivity contribution in [2.45, 2.75) is 24.6 Å². The Balaban J connectivity index is 1.41. The van der Waals surface area contributed by atoms with Crippen molar-refractivity contribution >= 4 is 28.9 Å². The number of nitrogens with zero attached hydrogens (tertiary/aromatic N) is 4. The molecule has 2 aromatic heterocycles. The number of alkyl halides is 1. The Labute approximate surface area is 198 Å². The maximum atomic E-state index is 15.6. The van der Waals surface area contributed by atoms with E-state index in [0.29, 0.717) is 11.1 Å². The van der Waals surface area contributed by atoms with Gasteiger partial charge in [0.1, 0.15) is 24.6 Å². The van der Waals surface area contributed by atoms with Gasteiger partial charge in [-0.15, -0.1) is 0 Å². The van der Waals surface area contributed by atoms with E-state index in [0.717, 1.165) is 0 Å². The van der Waals surface area contributed by atoms with Crippen LogP contribution in [-0.4, -0.2) is 56.4 Å². The summed E-state index contributed by atoms with van der Waals surface area (Å²) in [5.74, 6) is -1.22. The maximum Gasteiger partial charge on any atom is 0.338 e. The van der Waals surface area contributed by atoms with Crippen molar-refractivity contribution in [2.75, 3.05) is 12.3 Å². The first-order chi connectivity index (χ1) is 17.0. The van der Waals surface area contributed by atoms with Crippen molar-refractivity contribution in [2.24, 2.45) is 0 Å². The first-order valence-corrected chi connectivity index (χ1v) is 10.7. The first kappa shape index (κ1) is 22.4. The predicted molar refractivity (Wildman–Crippen MR) is 121 cm³/mol. The Bertz CT molecular complexity index is 1350. The lowest BCUT2D eigenvalue weighted by molar-refractivity contribution is -0.0596. The second-order valence-electron chi connectivity index (χ2n) is 7.79. The molecule has 0 radical (unpaired) electrons. The molecule has 10 nitrogen and oxygen atoms in total. The topological polar surface area (TPSA) is 131 Å². The number of halogens is 1. The number of esters is 2. The molecule has 2 aromatic carbocycles. The van der Waals surface area contributed by atoms with Gasteiger partial charge < -0.3 is 19.9 Å². The number of fused-ring (bicyclic) bond motifs is 1. The van der Waals surface area contributed by atoms with Crippen LogP contribution in [0.15, 0.2) is 73.3 Å². The molecule has 1 aliphatic heterocycles. The second kappa shape index (κ2) is 9.47. The summed E-state index contributed by atoms with van der Waals surface area (Å²) in [6.07, 6.45) is -2.95. The van der Waals surface area contributed by atoms with Crippen molar-refractivity contribution in [3.05, 3.63) is 84.4 Å². The Morgan fingerprint density at radius 2 is 1.63 bits per heavy atom. The number of rotatable bonds is 6. The molecule has 0 saturated carbocycles. The number of carbonyl (C=O) groups is 2. The number of hydrogen-bond acceptors (Lipinski definition) is 9. The quantitative estimate of drug-likeness (QED) is 0.416. The fourth-order valence-corrected chi connectivity index (χ4v) is 3.82. The first-order valence-electron chi connectivity index (χ1n) is 10.7. The highest BCUT2D eigenvalue weighted by Crippen LogP contribution is 2.36. The molecule has 1 saturated heterocycles. The van der Waals surface area contributed by atoms with Crippen molar-refractivity contribution in [3.8, 4) is 0 Å². The number of nitrogen functional groups attached to an aromatic ring is 1. The third kappa shape index (κ3) is 4.41.